The van der Waals surface area contributed by atoms with Gasteiger partial charge in [0.25, 0.3) is 0 Å². The number of nitrogens with zero attached hydrogens (tertiary/aromatic N) is 1. The molecular formula is C28H36FN3O7. The Morgan fingerprint density at radius 2 is 1.82 bits per heavy atom. The summed E-state index contributed by atoms with van der Waals surface area (Å²) in [6.45, 7) is 3.68. The van der Waals surface area contributed by atoms with Gasteiger partial charge < -0.3 is 40.2 Å². The quantitative estimate of drug-likeness (QED) is 0.357. The molecule has 1 saturated carbocycles. The molecule has 3 unspecified atom stereocenters. The molecule has 5 N–H and O–H groups in total. The maximum atomic E-state index is 13.2. The zero-order valence-electron chi connectivity index (χ0n) is 22.2. The topological polar surface area (TPSA) is 142 Å². The standard InChI is InChI=1S/C28H36FN3O7/c1-4-19-23(34)22(30-3)25-26(24(19)35)38-27-28(36,39-25)20(11-14(2)37-27)32-21(33)12-18-10-7-16(13-31-18)15-5-8-17(29)9-6-15/h5-10,13-14,19-20,22-27,30,34-36H,4,11-12H2,1-3H3,(H,32,33)/t14-,19-,20-,22+,23+,24+,25?,26?,27?,28+/m1/s1. The van der Waals surface area contributed by atoms with E-state index in [0.29, 0.717) is 12.1 Å². The van der Waals surface area contributed by atoms with E-state index in [9.17, 15) is 24.5 Å². The summed E-state index contributed by atoms with van der Waals surface area (Å²) in [4.78, 5) is 17.4. The number of carbonyl (C=O) groups is 1. The van der Waals surface area contributed by atoms with Gasteiger partial charge in [-0.3, -0.25) is 9.78 Å². The number of aromatic nitrogens is 1. The summed E-state index contributed by atoms with van der Waals surface area (Å²) < 4.78 is 31.4. The van der Waals surface area contributed by atoms with Crippen molar-refractivity contribution in [2.24, 2.45) is 5.92 Å². The molecule has 11 heteroatoms. The Balaban J connectivity index is 1.30. The third-order valence-electron chi connectivity index (χ3n) is 8.11. The highest BCUT2D eigenvalue weighted by Crippen LogP contribution is 2.43. The Morgan fingerprint density at radius 1 is 1.10 bits per heavy atom. The van der Waals surface area contributed by atoms with Gasteiger partial charge in [0.1, 0.15) is 18.0 Å². The molecule has 0 bridgehead atoms. The lowest BCUT2D eigenvalue weighted by atomic mass is 9.74. The van der Waals surface area contributed by atoms with Gasteiger partial charge >= 0.3 is 0 Å². The first-order valence-corrected chi connectivity index (χ1v) is 13.4. The number of ether oxygens (including phenoxy) is 3. The van der Waals surface area contributed by atoms with E-state index in [1.165, 1.54) is 12.1 Å². The van der Waals surface area contributed by atoms with Gasteiger partial charge in [0, 0.05) is 23.4 Å². The fourth-order valence-corrected chi connectivity index (χ4v) is 5.99. The maximum absolute atomic E-state index is 13.2. The summed E-state index contributed by atoms with van der Waals surface area (Å²) in [5.41, 5.74) is 2.11. The first-order valence-electron chi connectivity index (χ1n) is 13.4. The lowest BCUT2D eigenvalue weighted by Crippen LogP contribution is -2.77. The average Bonchev–Trinajstić information content (AvgIpc) is 2.90. The van der Waals surface area contributed by atoms with Gasteiger partial charge in [-0.25, -0.2) is 4.39 Å². The number of aliphatic hydroxyl groups is 3. The molecule has 10 atom stereocenters. The number of fused-ring (bicyclic) bond motifs is 2. The van der Waals surface area contributed by atoms with Crippen LogP contribution in [-0.4, -0.2) is 87.9 Å². The molecule has 2 aliphatic heterocycles. The number of likely N-dealkylation sites (N-methyl/N-ethyl adjacent to an activating group) is 1. The molecule has 10 nitrogen and oxygen atoms in total. The number of amides is 1. The van der Waals surface area contributed by atoms with Crippen LogP contribution in [0.3, 0.4) is 0 Å². The molecule has 212 valence electrons. The van der Waals surface area contributed by atoms with Crippen molar-refractivity contribution in [3.05, 3.63) is 54.1 Å². The normalized spacial score (nSPS) is 38.0. The zero-order valence-corrected chi connectivity index (χ0v) is 22.2. The van der Waals surface area contributed by atoms with Crippen LogP contribution in [-0.2, 0) is 25.4 Å². The molecule has 3 aliphatic rings. The molecule has 0 radical (unpaired) electrons. The molecule has 1 aliphatic carbocycles. The molecule has 39 heavy (non-hydrogen) atoms. The van der Waals surface area contributed by atoms with Crippen molar-refractivity contribution in [2.75, 3.05) is 7.05 Å². The Labute approximate surface area is 226 Å². The van der Waals surface area contributed by atoms with E-state index >= 15 is 0 Å². The van der Waals surface area contributed by atoms with E-state index in [1.54, 1.807) is 38.4 Å². The second-order valence-electron chi connectivity index (χ2n) is 10.7. The lowest BCUT2D eigenvalue weighted by molar-refractivity contribution is -0.450. The van der Waals surface area contributed by atoms with Crippen molar-refractivity contribution >= 4 is 5.91 Å². The predicted molar refractivity (Wildman–Crippen MR) is 138 cm³/mol. The molecule has 1 aromatic heterocycles. The number of rotatable bonds is 6. The van der Waals surface area contributed by atoms with Crippen molar-refractivity contribution < 1.29 is 38.7 Å². The van der Waals surface area contributed by atoms with Crippen molar-refractivity contribution in [3.8, 4) is 11.1 Å². The Bertz CT molecular complexity index is 1150. The largest absolute Gasteiger partial charge is 0.391 e. The van der Waals surface area contributed by atoms with Crippen LogP contribution in [0, 0.1) is 11.7 Å². The summed E-state index contributed by atoms with van der Waals surface area (Å²) in [6.07, 6.45) is -2.95. The second kappa shape index (κ2) is 11.2. The minimum absolute atomic E-state index is 0.0438. The van der Waals surface area contributed by atoms with Crippen LogP contribution in [0.5, 0.6) is 0 Å². The van der Waals surface area contributed by atoms with Gasteiger partial charge in [0.05, 0.1) is 36.8 Å². The number of nitrogens with one attached hydrogen (secondary N) is 2. The number of hydrogen-bond acceptors (Lipinski definition) is 9. The highest BCUT2D eigenvalue weighted by atomic mass is 19.1. The zero-order chi connectivity index (χ0) is 27.9. The van der Waals surface area contributed by atoms with E-state index in [2.05, 4.69) is 15.6 Å². The van der Waals surface area contributed by atoms with E-state index in [0.717, 1.165) is 11.1 Å². The molecule has 3 heterocycles. The van der Waals surface area contributed by atoms with Crippen LogP contribution in [0.4, 0.5) is 4.39 Å². The Hall–Kier alpha value is -2.51. The number of carbonyl (C=O) groups excluding carboxylic acids is 1. The van der Waals surface area contributed by atoms with Crippen molar-refractivity contribution in [1.29, 1.82) is 0 Å². The molecule has 2 aromatic rings. The summed E-state index contributed by atoms with van der Waals surface area (Å²) in [5.74, 6) is -3.20. The van der Waals surface area contributed by atoms with E-state index in [-0.39, 0.29) is 30.7 Å². The summed E-state index contributed by atoms with van der Waals surface area (Å²) in [6, 6.07) is 8.09. The molecule has 1 aromatic carbocycles. The van der Waals surface area contributed by atoms with Crippen LogP contribution in [0.1, 0.15) is 32.4 Å². The summed E-state index contributed by atoms with van der Waals surface area (Å²) in [5, 5.41) is 39.4. The third kappa shape index (κ3) is 5.32. The number of benzene rings is 1. The van der Waals surface area contributed by atoms with Gasteiger partial charge in [0.2, 0.25) is 18.0 Å². The van der Waals surface area contributed by atoms with E-state index < -0.39 is 54.5 Å². The Morgan fingerprint density at radius 3 is 2.46 bits per heavy atom. The maximum Gasteiger partial charge on any atom is 0.239 e. The van der Waals surface area contributed by atoms with Crippen LogP contribution in [0.25, 0.3) is 11.1 Å². The lowest BCUT2D eigenvalue weighted by Gasteiger charge is -2.58. The SMILES string of the molecule is CC[C@@H]1[C@H](O)[C@H](NC)C2O[C@]3(O)C(OC2[C@H]1O)O[C@H](C)C[C@H]3NC(=O)Cc1ccc(-c2ccc(F)cc2)cn1. The van der Waals surface area contributed by atoms with Gasteiger partial charge in [-0.15, -0.1) is 0 Å². The number of halogens is 1. The van der Waals surface area contributed by atoms with Crippen LogP contribution in [0.2, 0.25) is 0 Å². The minimum atomic E-state index is -2.04. The first kappa shape index (κ1) is 28.0. The second-order valence-corrected chi connectivity index (χ2v) is 10.7. The van der Waals surface area contributed by atoms with Crippen LogP contribution < -0.4 is 10.6 Å². The predicted octanol–water partition coefficient (Wildman–Crippen LogP) is 0.872. The molecular weight excluding hydrogens is 509 g/mol. The van der Waals surface area contributed by atoms with Gasteiger partial charge in [-0.05, 0) is 50.6 Å². The summed E-state index contributed by atoms with van der Waals surface area (Å²) in [7, 11) is 1.67. The fraction of sp³-hybridized carbons (Fsp3) is 0.571. The molecule has 3 fully saturated rings. The monoisotopic (exact) mass is 545 g/mol. The smallest absolute Gasteiger partial charge is 0.239 e. The van der Waals surface area contributed by atoms with Crippen molar-refractivity contribution in [2.45, 2.75) is 87.8 Å². The van der Waals surface area contributed by atoms with Crippen LogP contribution >= 0.6 is 0 Å². The van der Waals surface area contributed by atoms with Crippen LogP contribution in [0.15, 0.2) is 42.6 Å². The van der Waals surface area contributed by atoms with E-state index in [4.69, 9.17) is 14.2 Å². The molecule has 1 amide bonds. The molecule has 0 spiro atoms. The minimum Gasteiger partial charge on any atom is -0.391 e. The van der Waals surface area contributed by atoms with E-state index in [1.807, 2.05) is 13.0 Å². The fourth-order valence-electron chi connectivity index (χ4n) is 5.99. The third-order valence-corrected chi connectivity index (χ3v) is 8.11. The highest BCUT2D eigenvalue weighted by Gasteiger charge is 2.63. The van der Waals surface area contributed by atoms with Gasteiger partial charge in [0.15, 0.2) is 0 Å². The average molecular weight is 546 g/mol. The first-order chi connectivity index (χ1) is 18.6. The number of hydrogen-bond donors (Lipinski definition) is 5. The van der Waals surface area contributed by atoms with Gasteiger partial charge in [-0.2, -0.15) is 0 Å². The van der Waals surface area contributed by atoms with Crippen molar-refractivity contribution in [3.63, 3.8) is 0 Å². The molecule has 5 rings (SSSR count). The highest BCUT2D eigenvalue weighted by molar-refractivity contribution is 5.78. The van der Waals surface area contributed by atoms with Crippen molar-refractivity contribution in [1.82, 2.24) is 15.6 Å². The molecule has 2 saturated heterocycles. The summed E-state index contributed by atoms with van der Waals surface area (Å²) >= 11 is 0. The van der Waals surface area contributed by atoms with Gasteiger partial charge in [-0.1, -0.05) is 25.1 Å². The number of pyridine rings is 1. The number of aliphatic hydroxyl groups excluding tert-OH is 2. The Kier molecular flexibility index (Phi) is 8.03.